The lowest BCUT2D eigenvalue weighted by atomic mass is 10.3. The van der Waals surface area contributed by atoms with Gasteiger partial charge in [-0.2, -0.15) is 13.2 Å². The van der Waals surface area contributed by atoms with E-state index in [0.717, 1.165) is 0 Å². The Morgan fingerprint density at radius 1 is 1.00 bits per heavy atom. The fourth-order valence-electron chi connectivity index (χ4n) is 0.685. The molecule has 1 nitrogen and oxygen atoms in total. The fraction of sp³-hybridized carbons (Fsp3) is 0.143. The number of para-hydroxylation sites is 1. The van der Waals surface area contributed by atoms with Gasteiger partial charge in [-0.25, -0.2) is 0 Å². The van der Waals surface area contributed by atoms with Crippen molar-refractivity contribution in [1.29, 1.82) is 0 Å². The van der Waals surface area contributed by atoms with E-state index in [-0.39, 0.29) is 29.7 Å². The summed E-state index contributed by atoms with van der Waals surface area (Å²) in [4.78, 5) is 0. The summed E-state index contributed by atoms with van der Waals surface area (Å²) >= 11 is 0. The number of hydrogen-bond acceptors (Lipinski definition) is 1. The Labute approximate surface area is 85.0 Å². The summed E-state index contributed by atoms with van der Waals surface area (Å²) in [6.07, 6.45) is -4.35. The summed E-state index contributed by atoms with van der Waals surface area (Å²) in [6.45, 7) is 0. The lowest BCUT2D eigenvalue weighted by Gasteiger charge is -2.08. The van der Waals surface area contributed by atoms with Crippen LogP contribution in [0, 0.1) is 0 Å². The topological polar surface area (TPSA) is 12.0 Å². The molecule has 0 saturated carbocycles. The van der Waals surface area contributed by atoms with E-state index in [1.165, 1.54) is 29.6 Å². The molecule has 0 unspecified atom stereocenters. The molecule has 68 valence electrons. The number of alkyl halides is 3. The molecule has 1 rings (SSSR count). The molecule has 0 aliphatic carbocycles. The normalized spacial score (nSPS) is 10.2. The third-order valence-corrected chi connectivity index (χ3v) is 1.06. The van der Waals surface area contributed by atoms with Gasteiger partial charge in [-0.3, -0.25) is 5.32 Å². The van der Waals surface area contributed by atoms with Gasteiger partial charge < -0.3 is 0 Å². The molecule has 1 N–H and O–H groups in total. The van der Waals surface area contributed by atoms with E-state index >= 15 is 0 Å². The smallest absolute Gasteiger partial charge is 0.298 e. The zero-order valence-corrected chi connectivity index (χ0v) is 8.26. The molecule has 0 bridgehead atoms. The number of anilines is 1. The first kappa shape index (κ1) is 11.5. The van der Waals surface area contributed by atoms with Crippen LogP contribution in [-0.2, 0) is 0 Å². The summed E-state index contributed by atoms with van der Waals surface area (Å²) < 4.78 is 34.9. The fourth-order valence-corrected chi connectivity index (χ4v) is 0.685. The molecule has 0 spiro atoms. The summed E-state index contributed by atoms with van der Waals surface area (Å²) in [5.41, 5.74) is 0.0556. The van der Waals surface area contributed by atoms with Crippen LogP contribution in [-0.4, -0.2) is 6.30 Å². The van der Waals surface area contributed by atoms with Crippen LogP contribution in [0.5, 0.6) is 0 Å². The molecule has 1 aromatic rings. The van der Waals surface area contributed by atoms with Gasteiger partial charge in [0.05, 0.1) is 0 Å². The summed E-state index contributed by atoms with van der Waals surface area (Å²) in [5.74, 6) is 0. The molecule has 0 aliphatic heterocycles. The molecule has 0 heterocycles. The molecule has 0 fully saturated rings. The molecule has 0 radical (unpaired) electrons. The Balaban J connectivity index is 0.00000121. The van der Waals surface area contributed by atoms with Gasteiger partial charge >= 0.3 is 6.30 Å². The second kappa shape index (κ2) is 4.54. The predicted molar refractivity (Wildman–Crippen MR) is 51.5 cm³/mol. The SMILES string of the molecule is FC(F)(F)Nc1ccccc1.I. The van der Waals surface area contributed by atoms with Crippen molar-refractivity contribution in [3.05, 3.63) is 30.3 Å². The Bertz CT molecular complexity index is 222. The van der Waals surface area contributed by atoms with Gasteiger partial charge in [0.25, 0.3) is 0 Å². The lowest BCUT2D eigenvalue weighted by Crippen LogP contribution is -2.20. The number of halogens is 4. The molecular formula is C7H7F3IN. The van der Waals surface area contributed by atoms with Crippen molar-refractivity contribution in [2.75, 3.05) is 5.32 Å². The monoisotopic (exact) mass is 289 g/mol. The van der Waals surface area contributed by atoms with Gasteiger partial charge in [-0.15, -0.1) is 24.0 Å². The van der Waals surface area contributed by atoms with Gasteiger partial charge in [0, 0.05) is 5.69 Å². The van der Waals surface area contributed by atoms with Crippen LogP contribution < -0.4 is 5.32 Å². The Morgan fingerprint density at radius 2 is 1.50 bits per heavy atom. The second-order valence-corrected chi connectivity index (χ2v) is 1.99. The summed E-state index contributed by atoms with van der Waals surface area (Å²) in [5, 5.41) is 1.38. The van der Waals surface area contributed by atoms with Gasteiger partial charge in [0.15, 0.2) is 0 Å². The van der Waals surface area contributed by atoms with Crippen LogP contribution in [0.3, 0.4) is 0 Å². The number of rotatable bonds is 1. The predicted octanol–water partition coefficient (Wildman–Crippen LogP) is 3.24. The van der Waals surface area contributed by atoms with Crippen LogP contribution in [0.2, 0.25) is 0 Å². The zero-order chi connectivity index (χ0) is 8.32. The van der Waals surface area contributed by atoms with Crippen molar-refractivity contribution in [2.24, 2.45) is 0 Å². The van der Waals surface area contributed by atoms with Crippen molar-refractivity contribution in [2.45, 2.75) is 6.30 Å². The highest BCUT2D eigenvalue weighted by Gasteiger charge is 2.26. The largest absolute Gasteiger partial charge is 0.482 e. The van der Waals surface area contributed by atoms with Gasteiger partial charge in [0.1, 0.15) is 0 Å². The maximum atomic E-state index is 11.6. The Kier molecular flexibility index (Phi) is 4.36. The average Bonchev–Trinajstić information content (AvgIpc) is 1.85. The van der Waals surface area contributed by atoms with Crippen LogP contribution >= 0.6 is 24.0 Å². The number of hydrogen-bond donors (Lipinski definition) is 1. The highest BCUT2D eigenvalue weighted by molar-refractivity contribution is 14.0. The van der Waals surface area contributed by atoms with E-state index in [2.05, 4.69) is 0 Å². The van der Waals surface area contributed by atoms with Crippen molar-refractivity contribution in [3.63, 3.8) is 0 Å². The van der Waals surface area contributed by atoms with Crippen LogP contribution in [0.15, 0.2) is 30.3 Å². The van der Waals surface area contributed by atoms with Gasteiger partial charge in [-0.1, -0.05) is 18.2 Å². The van der Waals surface area contributed by atoms with Crippen LogP contribution in [0.4, 0.5) is 18.9 Å². The standard InChI is InChI=1S/C7H6F3N.HI/c8-7(9,10)11-6-4-2-1-3-5-6;/h1-5,11H;1H. The van der Waals surface area contributed by atoms with E-state index in [4.69, 9.17) is 0 Å². The first-order chi connectivity index (χ1) is 5.08. The molecule has 0 aliphatic rings. The van der Waals surface area contributed by atoms with Crippen LogP contribution in [0.25, 0.3) is 0 Å². The second-order valence-electron chi connectivity index (χ2n) is 1.99. The van der Waals surface area contributed by atoms with Crippen molar-refractivity contribution in [3.8, 4) is 0 Å². The number of benzene rings is 1. The van der Waals surface area contributed by atoms with Crippen molar-refractivity contribution < 1.29 is 13.2 Å². The highest BCUT2D eigenvalue weighted by Crippen LogP contribution is 2.18. The Hall–Kier alpha value is -0.460. The summed E-state index contributed by atoms with van der Waals surface area (Å²) in [7, 11) is 0. The average molecular weight is 289 g/mol. The molecule has 0 aromatic heterocycles. The molecule has 0 saturated heterocycles. The molecule has 0 atom stereocenters. The quantitative estimate of drug-likeness (QED) is 0.618. The molecule has 5 heteroatoms. The van der Waals surface area contributed by atoms with E-state index in [1.807, 2.05) is 0 Å². The molecular weight excluding hydrogens is 282 g/mol. The number of nitrogens with one attached hydrogen (secondary N) is 1. The Morgan fingerprint density at radius 3 is 1.92 bits per heavy atom. The first-order valence-electron chi connectivity index (χ1n) is 2.98. The van der Waals surface area contributed by atoms with Gasteiger partial charge in [0.2, 0.25) is 0 Å². The third-order valence-electron chi connectivity index (χ3n) is 1.06. The van der Waals surface area contributed by atoms with E-state index in [1.54, 1.807) is 6.07 Å². The first-order valence-corrected chi connectivity index (χ1v) is 2.98. The minimum Gasteiger partial charge on any atom is -0.298 e. The maximum Gasteiger partial charge on any atom is 0.482 e. The minimum atomic E-state index is -4.35. The van der Waals surface area contributed by atoms with Gasteiger partial charge in [-0.05, 0) is 12.1 Å². The van der Waals surface area contributed by atoms with E-state index in [0.29, 0.717) is 0 Å². The molecule has 1 aromatic carbocycles. The zero-order valence-electron chi connectivity index (χ0n) is 5.93. The van der Waals surface area contributed by atoms with Crippen molar-refractivity contribution >= 4 is 29.7 Å². The highest BCUT2D eigenvalue weighted by atomic mass is 127. The van der Waals surface area contributed by atoms with E-state index < -0.39 is 6.30 Å². The lowest BCUT2D eigenvalue weighted by molar-refractivity contribution is -0.0999. The maximum absolute atomic E-state index is 11.6. The third kappa shape index (κ3) is 4.42. The molecule has 12 heavy (non-hydrogen) atoms. The van der Waals surface area contributed by atoms with E-state index in [9.17, 15) is 13.2 Å². The van der Waals surface area contributed by atoms with Crippen LogP contribution in [0.1, 0.15) is 0 Å². The van der Waals surface area contributed by atoms with Crippen molar-refractivity contribution in [1.82, 2.24) is 0 Å². The molecule has 0 amide bonds. The summed E-state index contributed by atoms with van der Waals surface area (Å²) in [6, 6.07) is 7.44. The minimum absolute atomic E-state index is 0.